The molecule has 1 heterocycles. The number of hydrogen-bond donors (Lipinski definition) is 3. The summed E-state index contributed by atoms with van der Waals surface area (Å²) in [5.74, 6) is -0.154. The van der Waals surface area contributed by atoms with Gasteiger partial charge in [-0.15, -0.1) is 0 Å². The van der Waals surface area contributed by atoms with Crippen LogP contribution in [0, 0.1) is 5.21 Å². The number of anilines is 1. The van der Waals surface area contributed by atoms with Gasteiger partial charge in [0.15, 0.2) is 5.69 Å². The molecule has 1 aliphatic rings. The third kappa shape index (κ3) is 4.62. The van der Waals surface area contributed by atoms with E-state index >= 15 is 0 Å². The standard InChI is InChI=1S/C23H21N3O4S/c1-15(27)24-18-10-6-17(7-11-18)23-14-21(16-8-12-19(13-9-16)26(28)29)25-20-4-2-3-5-22(20)31(23)30/h2-13,23,26,28H,14H2,1H3,(H,24,27). The molecule has 0 radical (unpaired) electrons. The first kappa shape index (κ1) is 21.1. The van der Waals surface area contributed by atoms with E-state index in [1.165, 1.54) is 6.92 Å². The van der Waals surface area contributed by atoms with Crippen LogP contribution in [0.5, 0.6) is 0 Å². The molecule has 0 saturated heterocycles. The van der Waals surface area contributed by atoms with Crippen molar-refractivity contribution in [3.8, 4) is 0 Å². The number of carbonyl (C=O) groups excluding carboxylic acids is 1. The van der Waals surface area contributed by atoms with Crippen molar-refractivity contribution >= 4 is 39.5 Å². The van der Waals surface area contributed by atoms with Crippen molar-refractivity contribution < 1.29 is 19.4 Å². The van der Waals surface area contributed by atoms with E-state index in [1.807, 2.05) is 36.4 Å². The third-order valence-corrected chi connectivity index (χ3v) is 6.78. The van der Waals surface area contributed by atoms with Crippen LogP contribution in [-0.4, -0.2) is 21.0 Å². The van der Waals surface area contributed by atoms with Crippen LogP contribution in [0.2, 0.25) is 0 Å². The van der Waals surface area contributed by atoms with Gasteiger partial charge >= 0.3 is 0 Å². The van der Waals surface area contributed by atoms with Crippen LogP contribution < -0.4 is 10.5 Å². The average Bonchev–Trinajstić information content (AvgIpc) is 2.91. The van der Waals surface area contributed by atoms with Crippen LogP contribution >= 0.6 is 0 Å². The van der Waals surface area contributed by atoms with Crippen molar-refractivity contribution in [3.63, 3.8) is 0 Å². The largest absolute Gasteiger partial charge is 0.595 e. The zero-order chi connectivity index (χ0) is 22.0. The van der Waals surface area contributed by atoms with Gasteiger partial charge in [0.1, 0.15) is 0 Å². The number of hydrogen-bond acceptors (Lipinski definition) is 5. The molecule has 3 atom stereocenters. The number of nitrogens with zero attached hydrogens (tertiary/aromatic N) is 1. The van der Waals surface area contributed by atoms with Crippen molar-refractivity contribution in [2.45, 2.75) is 23.5 Å². The molecule has 3 aromatic carbocycles. The highest BCUT2D eigenvalue weighted by Crippen LogP contribution is 2.38. The smallest absolute Gasteiger partial charge is 0.221 e. The topological polar surface area (TPSA) is 106 Å². The summed E-state index contributed by atoms with van der Waals surface area (Å²) in [6, 6.07) is 21.2. The van der Waals surface area contributed by atoms with Crippen molar-refractivity contribution in [1.82, 2.24) is 0 Å². The monoisotopic (exact) mass is 435 g/mol. The Balaban J connectivity index is 1.74. The van der Waals surface area contributed by atoms with E-state index in [1.54, 1.807) is 36.4 Å². The number of rotatable bonds is 4. The average molecular weight is 436 g/mol. The van der Waals surface area contributed by atoms with E-state index in [0.29, 0.717) is 22.7 Å². The lowest BCUT2D eigenvalue weighted by atomic mass is 10.0. The van der Waals surface area contributed by atoms with Gasteiger partial charge in [-0.2, -0.15) is 5.23 Å². The Morgan fingerprint density at radius 3 is 2.42 bits per heavy atom. The second kappa shape index (κ2) is 8.91. The molecule has 3 aromatic rings. The maximum atomic E-state index is 13.5. The second-order valence-electron chi connectivity index (χ2n) is 7.20. The van der Waals surface area contributed by atoms with E-state index < -0.39 is 16.0 Å². The number of quaternary nitrogens is 1. The van der Waals surface area contributed by atoms with Gasteiger partial charge in [0.05, 0.1) is 26.6 Å². The van der Waals surface area contributed by atoms with E-state index in [4.69, 9.17) is 10.2 Å². The lowest BCUT2D eigenvalue weighted by Crippen LogP contribution is -2.99. The minimum atomic E-state index is -1.34. The van der Waals surface area contributed by atoms with Gasteiger partial charge < -0.3 is 10.5 Å². The van der Waals surface area contributed by atoms with Crippen LogP contribution in [0.1, 0.15) is 29.7 Å². The summed E-state index contributed by atoms with van der Waals surface area (Å²) in [7, 11) is -1.34. The predicted octanol–water partition coefficient (Wildman–Crippen LogP) is 3.42. The number of benzene rings is 3. The Labute approximate surface area is 182 Å². The Bertz CT molecular complexity index is 1160. The molecule has 0 fully saturated rings. The zero-order valence-electron chi connectivity index (χ0n) is 16.7. The number of carbonyl (C=O) groups is 1. The van der Waals surface area contributed by atoms with Crippen LogP contribution in [0.3, 0.4) is 0 Å². The minimum absolute atomic E-state index is 0.154. The summed E-state index contributed by atoms with van der Waals surface area (Å²) in [6.07, 6.45) is 0.424. The Hall–Kier alpha value is -3.17. The summed E-state index contributed by atoms with van der Waals surface area (Å²) >= 11 is 0. The molecular weight excluding hydrogens is 414 g/mol. The highest BCUT2D eigenvalue weighted by atomic mass is 32.2. The molecule has 0 spiro atoms. The first-order valence-corrected chi connectivity index (χ1v) is 10.9. The Kier molecular flexibility index (Phi) is 6.06. The molecule has 0 aliphatic carbocycles. The number of aliphatic imine (C=N–C) groups is 1. The molecule has 7 nitrogen and oxygen atoms in total. The van der Waals surface area contributed by atoms with Crippen molar-refractivity contribution in [2.75, 3.05) is 5.32 Å². The van der Waals surface area contributed by atoms with Crippen molar-refractivity contribution in [1.29, 1.82) is 0 Å². The second-order valence-corrected chi connectivity index (χ2v) is 8.81. The maximum Gasteiger partial charge on any atom is 0.221 e. The molecule has 1 amide bonds. The van der Waals surface area contributed by atoms with Gasteiger partial charge in [0.2, 0.25) is 5.91 Å². The Morgan fingerprint density at radius 2 is 1.77 bits per heavy atom. The molecule has 8 heteroatoms. The molecule has 3 unspecified atom stereocenters. The van der Waals surface area contributed by atoms with Crippen LogP contribution in [0.4, 0.5) is 17.1 Å². The highest BCUT2D eigenvalue weighted by Gasteiger charge is 2.28. The van der Waals surface area contributed by atoms with Gasteiger partial charge in [0.25, 0.3) is 0 Å². The van der Waals surface area contributed by atoms with E-state index in [9.17, 15) is 14.2 Å². The van der Waals surface area contributed by atoms with Gasteiger partial charge in [-0.3, -0.25) is 14.0 Å². The number of amides is 1. The quantitative estimate of drug-likeness (QED) is 0.546. The minimum Gasteiger partial charge on any atom is -0.595 e. The van der Waals surface area contributed by atoms with E-state index in [0.717, 1.165) is 16.8 Å². The van der Waals surface area contributed by atoms with Gasteiger partial charge in [-0.25, -0.2) is 5.21 Å². The summed E-state index contributed by atoms with van der Waals surface area (Å²) < 4.78 is 13.5. The molecule has 158 valence electrons. The lowest BCUT2D eigenvalue weighted by Gasteiger charge is -2.17. The van der Waals surface area contributed by atoms with E-state index in [-0.39, 0.29) is 16.8 Å². The number of nitrogens with one attached hydrogen (secondary N) is 2. The number of para-hydroxylation sites is 1. The number of fused-ring (bicyclic) bond motifs is 1. The van der Waals surface area contributed by atoms with Crippen molar-refractivity contribution in [2.24, 2.45) is 4.99 Å². The fourth-order valence-electron chi connectivity index (χ4n) is 3.53. The van der Waals surface area contributed by atoms with Gasteiger partial charge in [-0.05, 0) is 47.5 Å². The molecule has 0 aromatic heterocycles. The van der Waals surface area contributed by atoms with Crippen molar-refractivity contribution in [3.05, 3.63) is 89.1 Å². The van der Waals surface area contributed by atoms with Gasteiger partial charge in [-0.1, -0.05) is 24.3 Å². The first-order chi connectivity index (χ1) is 14.9. The highest BCUT2D eigenvalue weighted by molar-refractivity contribution is 7.85. The molecule has 0 saturated carbocycles. The summed E-state index contributed by atoms with van der Waals surface area (Å²) in [5.41, 5.74) is 3.93. The Morgan fingerprint density at radius 1 is 1.10 bits per heavy atom. The normalized spacial score (nSPS) is 19.0. The molecule has 31 heavy (non-hydrogen) atoms. The third-order valence-electron chi connectivity index (χ3n) is 5.04. The fourth-order valence-corrected chi connectivity index (χ4v) is 5.08. The van der Waals surface area contributed by atoms with Crippen LogP contribution in [0.25, 0.3) is 0 Å². The summed E-state index contributed by atoms with van der Waals surface area (Å²) in [6.45, 7) is 1.45. The molecule has 3 N–H and O–H groups in total. The summed E-state index contributed by atoms with van der Waals surface area (Å²) in [5, 5.41) is 21.8. The van der Waals surface area contributed by atoms with E-state index in [2.05, 4.69) is 5.32 Å². The van der Waals surface area contributed by atoms with Gasteiger partial charge in [0, 0.05) is 36.9 Å². The fraction of sp³-hybridized carbons (Fsp3) is 0.130. The molecular formula is C23H21N3O4S. The van der Waals surface area contributed by atoms with Crippen LogP contribution in [0.15, 0.2) is 82.7 Å². The molecule has 1 aliphatic heterocycles. The first-order valence-electron chi connectivity index (χ1n) is 9.71. The zero-order valence-corrected chi connectivity index (χ0v) is 17.6. The summed E-state index contributed by atoms with van der Waals surface area (Å²) in [4.78, 5) is 16.7. The maximum absolute atomic E-state index is 13.5. The van der Waals surface area contributed by atoms with Crippen LogP contribution in [-0.2, 0) is 15.6 Å². The lowest BCUT2D eigenvalue weighted by molar-refractivity contribution is -0.991. The molecule has 4 rings (SSSR count). The molecule has 0 bridgehead atoms. The predicted molar refractivity (Wildman–Crippen MR) is 119 cm³/mol. The SMILES string of the molecule is CC(=O)Nc1ccc(C2CC(c3ccc([NH+]([O-])O)cc3)=Nc3ccccc3S2=O)cc1.